The normalized spacial score (nSPS) is 16.5. The van der Waals surface area contributed by atoms with Gasteiger partial charge >= 0.3 is 6.18 Å². The molecule has 248 valence electrons. The molecule has 2 aliphatic rings. The summed E-state index contributed by atoms with van der Waals surface area (Å²) in [4.78, 5) is 43.3. The first-order valence-electron chi connectivity index (χ1n) is 15.4. The molecule has 0 atom stereocenters. The van der Waals surface area contributed by atoms with Gasteiger partial charge in [-0.15, -0.1) is 0 Å². The number of nitrogens with zero attached hydrogens (tertiary/aromatic N) is 2. The van der Waals surface area contributed by atoms with Crippen LogP contribution in [0.25, 0.3) is 22.4 Å². The Kier molecular flexibility index (Phi) is 10.6. The maximum atomic E-state index is 13.5. The lowest BCUT2D eigenvalue weighted by atomic mass is 9.85. The summed E-state index contributed by atoms with van der Waals surface area (Å²) in [7, 11) is 0. The number of aromatic amines is 1. The lowest BCUT2D eigenvalue weighted by molar-refractivity contribution is -0.137. The molecule has 8 nitrogen and oxygen atoms in total. The second-order valence-electron chi connectivity index (χ2n) is 12.1. The van der Waals surface area contributed by atoms with Crippen molar-refractivity contribution in [2.75, 3.05) is 19.6 Å². The summed E-state index contributed by atoms with van der Waals surface area (Å²) >= 11 is 12.6. The number of carbonyl (C=O) groups excluding carboxylic acids is 2. The molecule has 1 saturated heterocycles. The molecule has 13 heteroatoms. The van der Waals surface area contributed by atoms with Gasteiger partial charge in [-0.2, -0.15) is 18.4 Å². The van der Waals surface area contributed by atoms with Crippen LogP contribution in [-0.4, -0.2) is 46.3 Å². The SMILES string of the molecule is N#Cc1c(-c2cc(C(F)(F)F)ccc2Cl)cc(-c2cc(Cl)cc(CNC(=O)C3CCN(CC(=O)C4CCCCC4)CC3)c2O)[nH]c1=O. The number of nitrogens with one attached hydrogen (secondary N) is 2. The van der Waals surface area contributed by atoms with Crippen molar-refractivity contribution in [2.24, 2.45) is 11.8 Å². The molecule has 0 radical (unpaired) electrons. The number of amides is 1. The van der Waals surface area contributed by atoms with Crippen molar-refractivity contribution < 1.29 is 27.9 Å². The summed E-state index contributed by atoms with van der Waals surface area (Å²) in [6.07, 6.45) is 1.78. The van der Waals surface area contributed by atoms with Gasteiger partial charge < -0.3 is 15.4 Å². The van der Waals surface area contributed by atoms with Crippen molar-refractivity contribution >= 4 is 34.9 Å². The number of hydrogen-bond donors (Lipinski definition) is 3. The van der Waals surface area contributed by atoms with Gasteiger partial charge in [0, 0.05) is 50.7 Å². The van der Waals surface area contributed by atoms with Crippen molar-refractivity contribution in [3.8, 4) is 34.2 Å². The van der Waals surface area contributed by atoms with Gasteiger partial charge in [-0.1, -0.05) is 42.5 Å². The van der Waals surface area contributed by atoms with E-state index in [4.69, 9.17) is 23.2 Å². The zero-order valence-electron chi connectivity index (χ0n) is 25.4. The molecule has 1 saturated carbocycles. The average Bonchev–Trinajstić information content (AvgIpc) is 3.04. The Morgan fingerprint density at radius 1 is 0.979 bits per heavy atom. The predicted molar refractivity (Wildman–Crippen MR) is 172 cm³/mol. The van der Waals surface area contributed by atoms with Crippen molar-refractivity contribution in [3.05, 3.63) is 73.5 Å². The first-order valence-corrected chi connectivity index (χ1v) is 16.2. The minimum Gasteiger partial charge on any atom is -0.507 e. The number of Topliss-reactive ketones (excluding diaryl/α,β-unsaturated/α-hetero) is 1. The van der Waals surface area contributed by atoms with Gasteiger partial charge in [-0.05, 0) is 75.2 Å². The second-order valence-corrected chi connectivity index (χ2v) is 13.0. The number of phenols is 1. The molecule has 1 amide bonds. The zero-order chi connectivity index (χ0) is 33.9. The van der Waals surface area contributed by atoms with Gasteiger partial charge in [0.1, 0.15) is 23.2 Å². The van der Waals surface area contributed by atoms with Gasteiger partial charge in [-0.25, -0.2) is 0 Å². The molecule has 3 N–H and O–H groups in total. The van der Waals surface area contributed by atoms with Crippen LogP contribution in [0.1, 0.15) is 61.6 Å². The van der Waals surface area contributed by atoms with Crippen molar-refractivity contribution in [1.82, 2.24) is 15.2 Å². The number of nitriles is 1. The van der Waals surface area contributed by atoms with E-state index in [0.29, 0.717) is 32.5 Å². The lowest BCUT2D eigenvalue weighted by Crippen LogP contribution is -2.43. The molecule has 2 heterocycles. The number of halogens is 5. The average molecular weight is 690 g/mol. The van der Waals surface area contributed by atoms with Gasteiger partial charge in [0.2, 0.25) is 5.91 Å². The van der Waals surface area contributed by atoms with E-state index in [1.54, 1.807) is 6.07 Å². The van der Waals surface area contributed by atoms with E-state index < -0.39 is 22.9 Å². The highest BCUT2D eigenvalue weighted by molar-refractivity contribution is 6.33. The van der Waals surface area contributed by atoms with E-state index in [0.717, 1.165) is 43.9 Å². The lowest BCUT2D eigenvalue weighted by Gasteiger charge is -2.32. The number of piperidine rings is 1. The van der Waals surface area contributed by atoms with Gasteiger partial charge in [0.05, 0.1) is 17.8 Å². The van der Waals surface area contributed by atoms with Crippen LogP contribution in [-0.2, 0) is 22.3 Å². The molecular formula is C34H33Cl2F3N4O4. The van der Waals surface area contributed by atoms with E-state index in [1.807, 2.05) is 0 Å². The highest BCUT2D eigenvalue weighted by atomic mass is 35.5. The third-order valence-electron chi connectivity index (χ3n) is 9.02. The molecule has 0 unspecified atom stereocenters. The Bertz CT molecular complexity index is 1770. The Hall–Kier alpha value is -3.85. The van der Waals surface area contributed by atoms with Crippen molar-refractivity contribution in [2.45, 2.75) is 57.7 Å². The van der Waals surface area contributed by atoms with Crippen LogP contribution < -0.4 is 10.9 Å². The van der Waals surface area contributed by atoms with Crippen LogP contribution in [0.4, 0.5) is 13.2 Å². The summed E-state index contributed by atoms with van der Waals surface area (Å²) in [5.74, 6) is -0.378. The fourth-order valence-corrected chi connectivity index (χ4v) is 6.85. The third-order valence-corrected chi connectivity index (χ3v) is 9.57. The highest BCUT2D eigenvalue weighted by Crippen LogP contribution is 2.40. The summed E-state index contributed by atoms with van der Waals surface area (Å²) in [5.41, 5.74) is -2.51. The minimum absolute atomic E-state index is 0.0276. The van der Waals surface area contributed by atoms with Crippen molar-refractivity contribution in [3.63, 3.8) is 0 Å². The first-order chi connectivity index (χ1) is 22.3. The number of rotatable bonds is 8. The number of hydrogen-bond acceptors (Lipinski definition) is 6. The van der Waals surface area contributed by atoms with Crippen LogP contribution in [0.15, 0.2) is 41.2 Å². The molecular weight excluding hydrogens is 656 g/mol. The predicted octanol–water partition coefficient (Wildman–Crippen LogP) is 7.09. The number of pyridine rings is 1. The van der Waals surface area contributed by atoms with Crippen molar-refractivity contribution in [1.29, 1.82) is 5.26 Å². The fourth-order valence-electron chi connectivity index (χ4n) is 6.39. The molecule has 5 rings (SSSR count). The highest BCUT2D eigenvalue weighted by Gasteiger charge is 2.32. The molecule has 1 aliphatic heterocycles. The van der Waals surface area contributed by atoms with Crippen LogP contribution in [0, 0.1) is 23.2 Å². The van der Waals surface area contributed by atoms with Crippen LogP contribution in [0.2, 0.25) is 10.0 Å². The number of benzene rings is 2. The van der Waals surface area contributed by atoms with E-state index >= 15 is 0 Å². The number of carbonyl (C=O) groups is 2. The topological polar surface area (TPSA) is 126 Å². The molecule has 0 spiro atoms. The molecule has 47 heavy (non-hydrogen) atoms. The Balaban J connectivity index is 1.31. The van der Waals surface area contributed by atoms with Crippen LogP contribution in [0.3, 0.4) is 0 Å². The van der Waals surface area contributed by atoms with Crippen LogP contribution in [0.5, 0.6) is 5.75 Å². The first kappa shape index (κ1) is 34.5. The number of aromatic nitrogens is 1. The summed E-state index contributed by atoms with van der Waals surface area (Å²) in [6, 6.07) is 8.33. The Labute approximate surface area is 279 Å². The largest absolute Gasteiger partial charge is 0.507 e. The second kappa shape index (κ2) is 14.5. The molecule has 1 aliphatic carbocycles. The third kappa shape index (κ3) is 8.00. The quantitative estimate of drug-likeness (QED) is 0.232. The maximum absolute atomic E-state index is 13.5. The minimum atomic E-state index is -4.70. The molecule has 2 fully saturated rings. The van der Waals surface area contributed by atoms with E-state index in [-0.39, 0.29) is 73.8 Å². The number of likely N-dealkylation sites (tertiary alicyclic amines) is 1. The molecule has 1 aromatic heterocycles. The molecule has 2 aromatic carbocycles. The number of ketones is 1. The van der Waals surface area contributed by atoms with E-state index in [9.17, 15) is 37.9 Å². The standard InChI is InChI=1S/C34H33Cl2F3N4O4/c35-23-12-21(17-41-32(46)20-8-10-43(11-9-20)18-30(44)19-4-2-1-3-5-19)31(45)26(14-23)29-15-24(27(16-40)33(47)42-29)25-13-22(34(37,38)39)6-7-28(25)36/h6-7,12-15,19-20,45H,1-5,8-11,17-18H2,(H,41,46)(H,42,47). The number of alkyl halides is 3. The maximum Gasteiger partial charge on any atom is 0.416 e. The number of aromatic hydroxyl groups is 1. The smallest absolute Gasteiger partial charge is 0.416 e. The number of H-pyrrole nitrogens is 1. The van der Waals surface area contributed by atoms with Crippen LogP contribution >= 0.6 is 23.2 Å². The van der Waals surface area contributed by atoms with E-state index in [1.165, 1.54) is 24.6 Å². The monoisotopic (exact) mass is 688 g/mol. The number of phenolic OH excluding ortho intramolecular Hbond substituents is 1. The van der Waals surface area contributed by atoms with E-state index in [2.05, 4.69) is 15.2 Å². The summed E-state index contributed by atoms with van der Waals surface area (Å²) in [6.45, 7) is 1.59. The Morgan fingerprint density at radius 2 is 1.68 bits per heavy atom. The molecule has 3 aromatic rings. The van der Waals surface area contributed by atoms with Gasteiger partial charge in [-0.3, -0.25) is 19.3 Å². The molecule has 0 bridgehead atoms. The Morgan fingerprint density at radius 3 is 2.34 bits per heavy atom. The summed E-state index contributed by atoms with van der Waals surface area (Å²) < 4.78 is 40.4. The van der Waals surface area contributed by atoms with Gasteiger partial charge in [0.25, 0.3) is 5.56 Å². The fraction of sp³-hybridized carbons (Fsp3) is 0.412. The summed E-state index contributed by atoms with van der Waals surface area (Å²) in [5, 5.41) is 23.7. The zero-order valence-corrected chi connectivity index (χ0v) is 26.9. The van der Waals surface area contributed by atoms with Gasteiger partial charge in [0.15, 0.2) is 0 Å².